The van der Waals surface area contributed by atoms with E-state index in [2.05, 4.69) is 27.7 Å². The first kappa shape index (κ1) is 35.1. The fraction of sp³-hybridized carbons (Fsp3) is 0.966. The summed E-state index contributed by atoms with van der Waals surface area (Å²) in [4.78, 5) is 12.8. The van der Waals surface area contributed by atoms with Gasteiger partial charge in [0.1, 0.15) is 11.7 Å². The number of carbonyl (C=O) groups excluding carboxylic acids is 1. The van der Waals surface area contributed by atoms with Crippen LogP contribution >= 0.6 is 0 Å². The summed E-state index contributed by atoms with van der Waals surface area (Å²) in [5.74, 6) is 0. The molecule has 0 spiro atoms. The van der Waals surface area contributed by atoms with Gasteiger partial charge in [-0.1, -0.05) is 20.8 Å². The van der Waals surface area contributed by atoms with Crippen LogP contribution in [-0.4, -0.2) is 65.7 Å². The molecule has 7 heteroatoms. The molecule has 0 aromatic rings. The maximum absolute atomic E-state index is 12.8. The number of hydrogen-bond acceptors (Lipinski definition) is 7. The Kier molecular flexibility index (Phi) is 14.5. The molecule has 0 aromatic carbocycles. The molecule has 5 atom stereocenters. The standard InChI is InChI=1S/C29H58O7/c1-14-28(12,17-19-32-21(3)4)35-23(6)20-26(8,9)36-25(31)34-24(7)29(13,15-2)27(10,11)33-18-16-22(5)30/h21-24,30H,14-20H2,1-13H3. The van der Waals surface area contributed by atoms with Crippen LogP contribution < -0.4 is 0 Å². The van der Waals surface area contributed by atoms with E-state index in [1.807, 2.05) is 55.4 Å². The molecule has 7 nitrogen and oxygen atoms in total. The van der Waals surface area contributed by atoms with Crippen LogP contribution in [-0.2, 0) is 23.7 Å². The van der Waals surface area contributed by atoms with E-state index < -0.39 is 35.0 Å². The van der Waals surface area contributed by atoms with Crippen LogP contribution in [0, 0.1) is 5.41 Å². The van der Waals surface area contributed by atoms with Crippen LogP contribution in [0.2, 0.25) is 0 Å². The van der Waals surface area contributed by atoms with Gasteiger partial charge in [0.15, 0.2) is 0 Å². The topological polar surface area (TPSA) is 83.5 Å². The maximum Gasteiger partial charge on any atom is 0.509 e. The van der Waals surface area contributed by atoms with Crippen molar-refractivity contribution in [3.8, 4) is 0 Å². The minimum absolute atomic E-state index is 0.114. The first-order valence-corrected chi connectivity index (χ1v) is 13.8. The number of ether oxygens (including phenoxy) is 5. The second-order valence-corrected chi connectivity index (χ2v) is 12.2. The number of carbonyl (C=O) groups is 1. The summed E-state index contributed by atoms with van der Waals surface area (Å²) in [5, 5.41) is 9.56. The van der Waals surface area contributed by atoms with Gasteiger partial charge in [0.25, 0.3) is 0 Å². The van der Waals surface area contributed by atoms with Crippen LogP contribution in [0.1, 0.15) is 122 Å². The van der Waals surface area contributed by atoms with Gasteiger partial charge in [0, 0.05) is 25.0 Å². The average molecular weight is 519 g/mol. The molecule has 0 fully saturated rings. The highest BCUT2D eigenvalue weighted by Crippen LogP contribution is 2.42. The van der Waals surface area contributed by atoms with E-state index in [9.17, 15) is 9.90 Å². The van der Waals surface area contributed by atoms with E-state index in [0.717, 1.165) is 19.3 Å². The fourth-order valence-electron chi connectivity index (χ4n) is 4.47. The molecule has 0 bridgehead atoms. The summed E-state index contributed by atoms with van der Waals surface area (Å²) in [5.41, 5.74) is -2.09. The van der Waals surface area contributed by atoms with E-state index in [-0.39, 0.29) is 17.8 Å². The Bertz CT molecular complexity index is 631. The first-order valence-electron chi connectivity index (χ1n) is 13.8. The minimum Gasteiger partial charge on any atom is -0.431 e. The average Bonchev–Trinajstić information content (AvgIpc) is 2.70. The van der Waals surface area contributed by atoms with Gasteiger partial charge in [0.05, 0.1) is 29.5 Å². The predicted octanol–water partition coefficient (Wildman–Crippen LogP) is 7.07. The molecule has 0 aliphatic heterocycles. The molecule has 0 aliphatic rings. The van der Waals surface area contributed by atoms with Crippen molar-refractivity contribution >= 4 is 6.16 Å². The Hall–Kier alpha value is -0.890. The van der Waals surface area contributed by atoms with Crippen LogP contribution in [0.5, 0.6) is 0 Å². The van der Waals surface area contributed by atoms with E-state index >= 15 is 0 Å². The molecular weight excluding hydrogens is 460 g/mol. The second-order valence-electron chi connectivity index (χ2n) is 12.2. The van der Waals surface area contributed by atoms with E-state index in [1.54, 1.807) is 6.92 Å². The van der Waals surface area contributed by atoms with Crippen molar-refractivity contribution in [2.24, 2.45) is 5.41 Å². The molecule has 0 rings (SSSR count). The summed E-state index contributed by atoms with van der Waals surface area (Å²) < 4.78 is 29.8. The zero-order chi connectivity index (χ0) is 28.4. The van der Waals surface area contributed by atoms with Crippen LogP contribution in [0.25, 0.3) is 0 Å². The molecule has 0 heterocycles. The molecule has 0 aliphatic carbocycles. The van der Waals surface area contributed by atoms with Gasteiger partial charge < -0.3 is 28.8 Å². The quantitative estimate of drug-likeness (QED) is 0.194. The van der Waals surface area contributed by atoms with Gasteiger partial charge in [-0.15, -0.1) is 0 Å². The lowest BCUT2D eigenvalue weighted by atomic mass is 9.69. The molecular formula is C29H58O7. The summed E-state index contributed by atoms with van der Waals surface area (Å²) in [7, 11) is 0. The van der Waals surface area contributed by atoms with Crippen molar-refractivity contribution in [3.63, 3.8) is 0 Å². The van der Waals surface area contributed by atoms with Gasteiger partial charge >= 0.3 is 6.16 Å². The van der Waals surface area contributed by atoms with E-state index in [4.69, 9.17) is 23.7 Å². The summed E-state index contributed by atoms with van der Waals surface area (Å²) in [6, 6.07) is 0. The Morgan fingerprint density at radius 3 is 1.94 bits per heavy atom. The zero-order valence-electron chi connectivity index (χ0n) is 25.7. The monoisotopic (exact) mass is 518 g/mol. The largest absolute Gasteiger partial charge is 0.509 e. The third-order valence-electron chi connectivity index (χ3n) is 7.73. The summed E-state index contributed by atoms with van der Waals surface area (Å²) >= 11 is 0. The summed E-state index contributed by atoms with van der Waals surface area (Å²) in [6.45, 7) is 26.9. The highest BCUT2D eigenvalue weighted by molar-refractivity contribution is 5.60. The van der Waals surface area contributed by atoms with Crippen molar-refractivity contribution in [3.05, 3.63) is 0 Å². The van der Waals surface area contributed by atoms with Crippen LogP contribution in [0.4, 0.5) is 4.79 Å². The second kappa shape index (κ2) is 14.9. The molecule has 0 saturated carbocycles. The van der Waals surface area contributed by atoms with Crippen LogP contribution in [0.3, 0.4) is 0 Å². The number of hydrogen-bond donors (Lipinski definition) is 1. The molecule has 0 aromatic heterocycles. The number of aliphatic hydroxyl groups excluding tert-OH is 1. The maximum atomic E-state index is 12.8. The summed E-state index contributed by atoms with van der Waals surface area (Å²) in [6.07, 6.45) is 2.03. The van der Waals surface area contributed by atoms with Crippen LogP contribution in [0.15, 0.2) is 0 Å². The molecule has 1 N–H and O–H groups in total. The SMILES string of the molecule is CCC(C)(CCOC(C)C)OC(C)CC(C)(C)OC(=O)OC(C)C(C)(CC)C(C)(C)OCCC(C)O. The fourth-order valence-corrected chi connectivity index (χ4v) is 4.47. The predicted molar refractivity (Wildman–Crippen MR) is 145 cm³/mol. The molecule has 5 unspecified atom stereocenters. The van der Waals surface area contributed by atoms with E-state index in [0.29, 0.717) is 26.1 Å². The lowest BCUT2D eigenvalue weighted by Crippen LogP contribution is -2.52. The normalized spacial score (nSPS) is 18.8. The molecule has 36 heavy (non-hydrogen) atoms. The number of rotatable bonds is 18. The van der Waals surface area contributed by atoms with E-state index in [1.165, 1.54) is 0 Å². The Morgan fingerprint density at radius 2 is 1.47 bits per heavy atom. The van der Waals surface area contributed by atoms with Gasteiger partial charge in [0.2, 0.25) is 0 Å². The van der Waals surface area contributed by atoms with Gasteiger partial charge in [-0.05, 0) is 94.9 Å². The molecule has 216 valence electrons. The van der Waals surface area contributed by atoms with Gasteiger partial charge in [-0.25, -0.2) is 4.79 Å². The van der Waals surface area contributed by atoms with Crippen molar-refractivity contribution in [2.75, 3.05) is 13.2 Å². The van der Waals surface area contributed by atoms with Crippen molar-refractivity contribution < 1.29 is 33.6 Å². The molecule has 0 saturated heterocycles. The third-order valence-corrected chi connectivity index (χ3v) is 7.73. The van der Waals surface area contributed by atoms with Crippen molar-refractivity contribution in [1.29, 1.82) is 0 Å². The lowest BCUT2D eigenvalue weighted by molar-refractivity contribution is -0.163. The Morgan fingerprint density at radius 1 is 0.889 bits per heavy atom. The highest BCUT2D eigenvalue weighted by Gasteiger charge is 2.47. The number of aliphatic hydroxyl groups is 1. The first-order chi connectivity index (χ1) is 16.3. The van der Waals surface area contributed by atoms with Gasteiger partial charge in [-0.2, -0.15) is 0 Å². The zero-order valence-corrected chi connectivity index (χ0v) is 25.7. The van der Waals surface area contributed by atoms with Crippen molar-refractivity contribution in [1.82, 2.24) is 0 Å². The Balaban J connectivity index is 5.05. The van der Waals surface area contributed by atoms with Gasteiger partial charge in [-0.3, -0.25) is 0 Å². The molecule has 0 radical (unpaired) electrons. The third kappa shape index (κ3) is 12.1. The lowest BCUT2D eigenvalue weighted by Gasteiger charge is -2.46. The highest BCUT2D eigenvalue weighted by atomic mass is 16.7. The van der Waals surface area contributed by atoms with Crippen molar-refractivity contribution in [2.45, 2.75) is 163 Å². The Labute approximate surface area is 221 Å². The minimum atomic E-state index is -0.759. The smallest absolute Gasteiger partial charge is 0.431 e. The molecule has 0 amide bonds.